The number of ether oxygens (including phenoxy) is 2. The zero-order chi connectivity index (χ0) is 17.3. The Hall–Kier alpha value is -1.92. The van der Waals surface area contributed by atoms with Crippen LogP contribution in [-0.4, -0.2) is 47.0 Å². The molecule has 0 aliphatic carbocycles. The highest BCUT2D eigenvalue weighted by Crippen LogP contribution is 2.30. The second-order valence-electron chi connectivity index (χ2n) is 6.97. The fourth-order valence-corrected chi connectivity index (χ4v) is 3.21. The van der Waals surface area contributed by atoms with Gasteiger partial charge in [0.1, 0.15) is 5.75 Å². The van der Waals surface area contributed by atoms with Crippen molar-refractivity contribution < 1.29 is 13.9 Å². The lowest BCUT2D eigenvalue weighted by Gasteiger charge is -2.43. The Morgan fingerprint density at radius 1 is 1.25 bits per heavy atom. The highest BCUT2D eigenvalue weighted by Gasteiger charge is 2.35. The summed E-state index contributed by atoms with van der Waals surface area (Å²) in [5, 5.41) is 8.45. The molecule has 1 fully saturated rings. The van der Waals surface area contributed by atoms with Crippen molar-refractivity contribution in [3.05, 3.63) is 30.2 Å². The predicted octanol–water partition coefficient (Wildman–Crippen LogP) is 3.31. The number of hydrogen-bond donors (Lipinski definition) is 0. The maximum Gasteiger partial charge on any atom is 0.247 e. The standard InChI is InChI=1S/C18H25N3O3/c1-12-10-21(11-18(3,4)24-12)13(2)16-19-20-17(23-16)14-6-8-15(22-5)9-7-14/h6-9,12-13H,10-11H2,1-5H3. The van der Waals surface area contributed by atoms with Gasteiger partial charge in [0.15, 0.2) is 0 Å². The number of rotatable bonds is 4. The predicted molar refractivity (Wildman–Crippen MR) is 90.9 cm³/mol. The van der Waals surface area contributed by atoms with E-state index in [1.807, 2.05) is 24.3 Å². The van der Waals surface area contributed by atoms with Gasteiger partial charge in [0.2, 0.25) is 11.8 Å². The summed E-state index contributed by atoms with van der Waals surface area (Å²) in [6.45, 7) is 10.1. The van der Waals surface area contributed by atoms with Gasteiger partial charge in [-0.2, -0.15) is 0 Å². The molecule has 0 bridgehead atoms. The van der Waals surface area contributed by atoms with Gasteiger partial charge in [-0.05, 0) is 52.0 Å². The molecule has 1 aromatic heterocycles. The van der Waals surface area contributed by atoms with Crippen LogP contribution in [0.25, 0.3) is 11.5 Å². The van der Waals surface area contributed by atoms with Gasteiger partial charge in [-0.1, -0.05) is 0 Å². The zero-order valence-electron chi connectivity index (χ0n) is 14.9. The molecule has 0 radical (unpaired) electrons. The van der Waals surface area contributed by atoms with Crippen LogP contribution in [0.3, 0.4) is 0 Å². The van der Waals surface area contributed by atoms with E-state index in [1.54, 1.807) is 7.11 Å². The van der Waals surface area contributed by atoms with E-state index in [1.165, 1.54) is 0 Å². The molecule has 2 heterocycles. The number of methoxy groups -OCH3 is 1. The zero-order valence-corrected chi connectivity index (χ0v) is 14.9. The lowest BCUT2D eigenvalue weighted by atomic mass is 10.0. The van der Waals surface area contributed by atoms with E-state index in [2.05, 4.69) is 42.8 Å². The number of hydrogen-bond acceptors (Lipinski definition) is 6. The lowest BCUT2D eigenvalue weighted by molar-refractivity contribution is -0.138. The minimum Gasteiger partial charge on any atom is -0.497 e. The van der Waals surface area contributed by atoms with Gasteiger partial charge in [0, 0.05) is 18.7 Å². The van der Waals surface area contributed by atoms with Crippen LogP contribution in [0.1, 0.15) is 39.6 Å². The first-order valence-electron chi connectivity index (χ1n) is 8.27. The Bertz CT molecular complexity index is 681. The Morgan fingerprint density at radius 2 is 1.96 bits per heavy atom. The van der Waals surface area contributed by atoms with Gasteiger partial charge in [0.25, 0.3) is 0 Å². The van der Waals surface area contributed by atoms with Gasteiger partial charge < -0.3 is 13.9 Å². The fraction of sp³-hybridized carbons (Fsp3) is 0.556. The molecule has 2 atom stereocenters. The molecule has 1 aromatic carbocycles. The van der Waals surface area contributed by atoms with Crippen LogP contribution in [0.15, 0.2) is 28.7 Å². The molecule has 0 N–H and O–H groups in total. The SMILES string of the molecule is COc1ccc(-c2nnc(C(C)N3CC(C)OC(C)(C)C3)o2)cc1. The number of nitrogens with zero attached hydrogens (tertiary/aromatic N) is 3. The van der Waals surface area contributed by atoms with Crippen molar-refractivity contribution >= 4 is 0 Å². The summed E-state index contributed by atoms with van der Waals surface area (Å²) >= 11 is 0. The minimum absolute atomic E-state index is 0.0510. The van der Waals surface area contributed by atoms with E-state index in [4.69, 9.17) is 13.9 Å². The maximum absolute atomic E-state index is 5.97. The van der Waals surface area contributed by atoms with E-state index in [0.29, 0.717) is 11.8 Å². The third kappa shape index (κ3) is 3.60. The molecule has 2 unspecified atom stereocenters. The molecular formula is C18H25N3O3. The summed E-state index contributed by atoms with van der Waals surface area (Å²) in [5.74, 6) is 1.96. The normalized spacial score (nSPS) is 22.3. The highest BCUT2D eigenvalue weighted by molar-refractivity contribution is 5.53. The van der Waals surface area contributed by atoms with Crippen LogP contribution < -0.4 is 4.74 Å². The van der Waals surface area contributed by atoms with Crippen molar-refractivity contribution in [3.8, 4) is 17.2 Å². The van der Waals surface area contributed by atoms with Crippen molar-refractivity contribution in [1.29, 1.82) is 0 Å². The van der Waals surface area contributed by atoms with Crippen molar-refractivity contribution in [1.82, 2.24) is 15.1 Å². The Morgan fingerprint density at radius 3 is 2.58 bits per heavy atom. The summed E-state index contributed by atoms with van der Waals surface area (Å²) in [6.07, 6.45) is 0.181. The summed E-state index contributed by atoms with van der Waals surface area (Å²) < 4.78 is 17.1. The smallest absolute Gasteiger partial charge is 0.247 e. The van der Waals surface area contributed by atoms with Gasteiger partial charge in [-0.25, -0.2) is 0 Å². The van der Waals surface area contributed by atoms with Crippen LogP contribution in [0.5, 0.6) is 5.75 Å². The first-order chi connectivity index (χ1) is 11.4. The van der Waals surface area contributed by atoms with Crippen LogP contribution in [0, 0.1) is 0 Å². The number of morpholine rings is 1. The first-order valence-corrected chi connectivity index (χ1v) is 8.27. The van der Waals surface area contributed by atoms with E-state index in [-0.39, 0.29) is 17.7 Å². The van der Waals surface area contributed by atoms with E-state index >= 15 is 0 Å². The summed E-state index contributed by atoms with van der Waals surface area (Å²) in [5.41, 5.74) is 0.711. The van der Waals surface area contributed by atoms with E-state index < -0.39 is 0 Å². The average Bonchev–Trinajstić information content (AvgIpc) is 3.02. The fourth-order valence-electron chi connectivity index (χ4n) is 3.21. The molecule has 1 aliphatic rings. The molecule has 1 aliphatic heterocycles. The first kappa shape index (κ1) is 16.9. The van der Waals surface area contributed by atoms with Crippen LogP contribution in [-0.2, 0) is 4.74 Å². The van der Waals surface area contributed by atoms with Gasteiger partial charge in [-0.15, -0.1) is 10.2 Å². The molecule has 6 nitrogen and oxygen atoms in total. The van der Waals surface area contributed by atoms with Crippen molar-refractivity contribution in [2.45, 2.75) is 45.4 Å². The monoisotopic (exact) mass is 331 g/mol. The number of aromatic nitrogens is 2. The molecule has 3 rings (SSSR count). The summed E-state index contributed by atoms with van der Waals surface area (Å²) in [6, 6.07) is 7.65. The summed E-state index contributed by atoms with van der Waals surface area (Å²) in [4.78, 5) is 2.33. The molecule has 1 saturated heterocycles. The van der Waals surface area contributed by atoms with Crippen molar-refractivity contribution in [2.75, 3.05) is 20.2 Å². The minimum atomic E-state index is -0.176. The lowest BCUT2D eigenvalue weighted by Crippen LogP contribution is -2.52. The molecular weight excluding hydrogens is 306 g/mol. The van der Waals surface area contributed by atoms with Crippen LogP contribution >= 0.6 is 0 Å². The highest BCUT2D eigenvalue weighted by atomic mass is 16.5. The molecule has 2 aromatic rings. The van der Waals surface area contributed by atoms with Crippen molar-refractivity contribution in [3.63, 3.8) is 0 Å². The second-order valence-corrected chi connectivity index (χ2v) is 6.97. The molecule has 6 heteroatoms. The Labute approximate surface area is 142 Å². The average molecular weight is 331 g/mol. The van der Waals surface area contributed by atoms with Crippen molar-refractivity contribution in [2.24, 2.45) is 0 Å². The molecule has 0 amide bonds. The molecule has 0 saturated carbocycles. The maximum atomic E-state index is 5.97. The Kier molecular flexibility index (Phi) is 4.60. The third-order valence-electron chi connectivity index (χ3n) is 4.28. The van der Waals surface area contributed by atoms with E-state index in [9.17, 15) is 0 Å². The number of benzene rings is 1. The van der Waals surface area contributed by atoms with Gasteiger partial charge >= 0.3 is 0 Å². The largest absolute Gasteiger partial charge is 0.497 e. The second kappa shape index (κ2) is 6.53. The molecule has 0 spiro atoms. The third-order valence-corrected chi connectivity index (χ3v) is 4.28. The molecule has 24 heavy (non-hydrogen) atoms. The van der Waals surface area contributed by atoms with E-state index in [0.717, 1.165) is 24.4 Å². The quantitative estimate of drug-likeness (QED) is 0.856. The topological polar surface area (TPSA) is 60.6 Å². The Balaban J connectivity index is 1.76. The van der Waals surface area contributed by atoms with Gasteiger partial charge in [-0.3, -0.25) is 4.90 Å². The summed E-state index contributed by atoms with van der Waals surface area (Å²) in [7, 11) is 1.65. The van der Waals surface area contributed by atoms with Gasteiger partial charge in [0.05, 0.1) is 24.9 Å². The van der Waals surface area contributed by atoms with Crippen LogP contribution in [0.4, 0.5) is 0 Å². The van der Waals surface area contributed by atoms with Crippen LogP contribution in [0.2, 0.25) is 0 Å². The molecule has 130 valence electrons.